The number of hydrogen-bond acceptors (Lipinski definition) is 2. The van der Waals surface area contributed by atoms with Crippen molar-refractivity contribution in [2.24, 2.45) is 17.1 Å². The monoisotopic (exact) mass is 212 g/mol. The highest BCUT2D eigenvalue weighted by molar-refractivity contribution is 7.80. The molecule has 0 spiro atoms. The van der Waals surface area contributed by atoms with E-state index in [2.05, 4.69) is 5.32 Å². The number of nitrogens with one attached hydrogen (secondary N) is 1. The normalized spacial score (nSPS) is 22.9. The summed E-state index contributed by atoms with van der Waals surface area (Å²) < 4.78 is 0. The maximum absolute atomic E-state index is 11.7. The molecule has 4 heteroatoms. The van der Waals surface area contributed by atoms with Gasteiger partial charge in [-0.3, -0.25) is 4.79 Å². The molecule has 0 unspecified atom stereocenters. The Kier molecular flexibility index (Phi) is 2.47. The summed E-state index contributed by atoms with van der Waals surface area (Å²) in [6.45, 7) is 0.786. The summed E-state index contributed by atoms with van der Waals surface area (Å²) in [6.07, 6.45) is 5.43. The molecule has 0 radical (unpaired) electrons. The highest BCUT2D eigenvalue weighted by Gasteiger charge is 2.52. The summed E-state index contributed by atoms with van der Waals surface area (Å²) in [6, 6.07) is 0. The van der Waals surface area contributed by atoms with Crippen LogP contribution in [0.5, 0.6) is 0 Å². The first-order valence-corrected chi connectivity index (χ1v) is 5.64. The predicted molar refractivity (Wildman–Crippen MR) is 58.8 cm³/mol. The van der Waals surface area contributed by atoms with E-state index in [-0.39, 0.29) is 5.91 Å². The van der Waals surface area contributed by atoms with Crippen LogP contribution in [0.3, 0.4) is 0 Å². The number of carbonyl (C=O) groups is 1. The van der Waals surface area contributed by atoms with E-state index >= 15 is 0 Å². The third kappa shape index (κ3) is 1.90. The van der Waals surface area contributed by atoms with Crippen molar-refractivity contribution in [2.75, 3.05) is 6.54 Å². The molecule has 14 heavy (non-hydrogen) atoms. The summed E-state index contributed by atoms with van der Waals surface area (Å²) in [5.74, 6) is 0.904. The van der Waals surface area contributed by atoms with Gasteiger partial charge in [-0.05, 0) is 25.2 Å². The van der Waals surface area contributed by atoms with Crippen molar-refractivity contribution in [1.82, 2.24) is 5.32 Å². The van der Waals surface area contributed by atoms with E-state index in [1.807, 2.05) is 0 Å². The summed E-state index contributed by atoms with van der Waals surface area (Å²) in [7, 11) is 0. The van der Waals surface area contributed by atoms with Gasteiger partial charge in [-0.15, -0.1) is 0 Å². The van der Waals surface area contributed by atoms with Gasteiger partial charge in [0.2, 0.25) is 5.91 Å². The Morgan fingerprint density at radius 1 is 1.50 bits per heavy atom. The van der Waals surface area contributed by atoms with Gasteiger partial charge in [0.25, 0.3) is 0 Å². The molecular formula is C10H16N2OS. The Bertz CT molecular complexity index is 269. The molecular weight excluding hydrogens is 196 g/mol. The fraction of sp³-hybridized carbons (Fsp3) is 0.800. The van der Waals surface area contributed by atoms with E-state index in [9.17, 15) is 4.79 Å². The first kappa shape index (κ1) is 9.90. The first-order valence-electron chi connectivity index (χ1n) is 5.23. The van der Waals surface area contributed by atoms with Crippen LogP contribution in [0.25, 0.3) is 0 Å². The molecule has 2 saturated carbocycles. The molecule has 2 aliphatic rings. The second-order valence-electron chi connectivity index (χ2n) is 4.43. The van der Waals surface area contributed by atoms with E-state index < -0.39 is 5.41 Å². The van der Waals surface area contributed by atoms with Crippen LogP contribution in [0.2, 0.25) is 0 Å². The number of carbonyl (C=O) groups excluding carboxylic acids is 1. The van der Waals surface area contributed by atoms with E-state index in [1.165, 1.54) is 12.8 Å². The maximum atomic E-state index is 11.7. The summed E-state index contributed by atoms with van der Waals surface area (Å²) in [5.41, 5.74) is 5.07. The van der Waals surface area contributed by atoms with Crippen LogP contribution in [0.4, 0.5) is 0 Å². The van der Waals surface area contributed by atoms with Crippen LogP contribution in [0.15, 0.2) is 0 Å². The van der Waals surface area contributed by atoms with Gasteiger partial charge in [0, 0.05) is 6.54 Å². The molecule has 0 heterocycles. The third-order valence-electron chi connectivity index (χ3n) is 3.19. The molecule has 3 nitrogen and oxygen atoms in total. The van der Waals surface area contributed by atoms with Crippen molar-refractivity contribution in [3.05, 3.63) is 0 Å². The third-order valence-corrected chi connectivity index (χ3v) is 3.58. The van der Waals surface area contributed by atoms with Gasteiger partial charge in [-0.1, -0.05) is 25.1 Å². The van der Waals surface area contributed by atoms with Crippen molar-refractivity contribution in [3.63, 3.8) is 0 Å². The second-order valence-corrected chi connectivity index (χ2v) is 4.87. The van der Waals surface area contributed by atoms with Crippen LogP contribution in [0, 0.1) is 11.3 Å². The quantitative estimate of drug-likeness (QED) is 0.668. The molecule has 0 aromatic rings. The van der Waals surface area contributed by atoms with Gasteiger partial charge < -0.3 is 11.1 Å². The van der Waals surface area contributed by atoms with E-state index in [1.54, 1.807) is 0 Å². The van der Waals surface area contributed by atoms with Crippen molar-refractivity contribution >= 4 is 23.1 Å². The van der Waals surface area contributed by atoms with Gasteiger partial charge in [0.05, 0.1) is 10.4 Å². The van der Waals surface area contributed by atoms with Gasteiger partial charge >= 0.3 is 0 Å². The zero-order valence-electron chi connectivity index (χ0n) is 8.21. The van der Waals surface area contributed by atoms with Crippen molar-refractivity contribution < 1.29 is 4.79 Å². The van der Waals surface area contributed by atoms with Crippen LogP contribution < -0.4 is 11.1 Å². The highest BCUT2D eigenvalue weighted by Crippen LogP contribution is 2.46. The van der Waals surface area contributed by atoms with Gasteiger partial charge in [0.15, 0.2) is 0 Å². The topological polar surface area (TPSA) is 55.1 Å². The molecule has 0 bridgehead atoms. The predicted octanol–water partition coefficient (Wildman–Crippen LogP) is 0.969. The molecule has 2 aliphatic carbocycles. The van der Waals surface area contributed by atoms with E-state index in [0.29, 0.717) is 4.99 Å². The van der Waals surface area contributed by atoms with Gasteiger partial charge in [-0.25, -0.2) is 0 Å². The molecule has 78 valence electrons. The minimum atomic E-state index is -0.473. The van der Waals surface area contributed by atoms with E-state index in [0.717, 1.165) is 31.7 Å². The highest BCUT2D eigenvalue weighted by atomic mass is 32.1. The average molecular weight is 212 g/mol. The SMILES string of the molecule is NC(=S)C1(C(=O)NCCC2CC2)CC1. The van der Waals surface area contributed by atoms with Crippen molar-refractivity contribution in [3.8, 4) is 0 Å². The lowest BCUT2D eigenvalue weighted by Crippen LogP contribution is -2.40. The Balaban J connectivity index is 1.74. The molecule has 1 amide bonds. The fourth-order valence-electron chi connectivity index (χ4n) is 1.68. The number of nitrogens with two attached hydrogens (primary N) is 1. The summed E-state index contributed by atoms with van der Waals surface area (Å²) in [5, 5.41) is 2.93. The number of hydrogen-bond donors (Lipinski definition) is 2. The van der Waals surface area contributed by atoms with Crippen molar-refractivity contribution in [1.29, 1.82) is 0 Å². The number of rotatable bonds is 5. The lowest BCUT2D eigenvalue weighted by Gasteiger charge is -2.13. The minimum absolute atomic E-state index is 0.0469. The maximum Gasteiger partial charge on any atom is 0.233 e. The molecule has 0 atom stereocenters. The summed E-state index contributed by atoms with van der Waals surface area (Å²) >= 11 is 4.90. The lowest BCUT2D eigenvalue weighted by atomic mass is 10.1. The average Bonchev–Trinajstić information content (AvgIpc) is 3.00. The molecule has 3 N–H and O–H groups in total. The zero-order chi connectivity index (χ0) is 10.2. The Morgan fingerprint density at radius 3 is 2.57 bits per heavy atom. The first-order chi connectivity index (χ1) is 6.65. The van der Waals surface area contributed by atoms with Gasteiger partial charge in [0.1, 0.15) is 0 Å². The second kappa shape index (κ2) is 3.50. The van der Waals surface area contributed by atoms with Crippen LogP contribution >= 0.6 is 12.2 Å². The molecule has 2 fully saturated rings. The molecule has 0 saturated heterocycles. The zero-order valence-corrected chi connectivity index (χ0v) is 9.03. The fourth-order valence-corrected chi connectivity index (χ4v) is 1.97. The molecule has 2 rings (SSSR count). The van der Waals surface area contributed by atoms with Gasteiger partial charge in [-0.2, -0.15) is 0 Å². The minimum Gasteiger partial charge on any atom is -0.392 e. The Labute approximate surface area is 89.4 Å². The van der Waals surface area contributed by atoms with Crippen LogP contribution in [-0.4, -0.2) is 17.4 Å². The molecule has 0 aromatic carbocycles. The molecule has 0 aliphatic heterocycles. The Morgan fingerprint density at radius 2 is 2.14 bits per heavy atom. The Hall–Kier alpha value is -0.640. The molecule has 0 aromatic heterocycles. The number of thiocarbonyl (C=S) groups is 1. The van der Waals surface area contributed by atoms with Crippen molar-refractivity contribution in [2.45, 2.75) is 32.1 Å². The van der Waals surface area contributed by atoms with Crippen LogP contribution in [0.1, 0.15) is 32.1 Å². The largest absolute Gasteiger partial charge is 0.392 e. The summed E-state index contributed by atoms with van der Waals surface area (Å²) in [4.78, 5) is 12.1. The van der Waals surface area contributed by atoms with E-state index in [4.69, 9.17) is 18.0 Å². The smallest absolute Gasteiger partial charge is 0.233 e. The number of amides is 1. The van der Waals surface area contributed by atoms with Crippen LogP contribution in [-0.2, 0) is 4.79 Å². The lowest BCUT2D eigenvalue weighted by molar-refractivity contribution is -0.124. The standard InChI is InChI=1S/C10H16N2OS/c11-8(14)10(4-5-10)9(13)12-6-3-7-1-2-7/h7H,1-6H2,(H2,11,14)(H,12,13).